The molecule has 0 aromatic carbocycles. The van der Waals surface area contributed by atoms with Crippen molar-refractivity contribution in [1.82, 2.24) is 9.88 Å². The quantitative estimate of drug-likeness (QED) is 0.420. The molecule has 39 heavy (non-hydrogen) atoms. The van der Waals surface area contributed by atoms with Crippen molar-refractivity contribution in [1.29, 1.82) is 0 Å². The number of carbonyl (C=O) groups excluding carboxylic acids is 3. The van der Waals surface area contributed by atoms with Gasteiger partial charge in [0.25, 0.3) is 0 Å². The van der Waals surface area contributed by atoms with Gasteiger partial charge in [0.1, 0.15) is 0 Å². The zero-order chi connectivity index (χ0) is 27.9. The third kappa shape index (κ3) is 5.24. The van der Waals surface area contributed by atoms with Crippen LogP contribution in [0.4, 0.5) is 5.13 Å². The molecule has 1 aromatic rings. The van der Waals surface area contributed by atoms with Crippen LogP contribution in [0.25, 0.3) is 0 Å². The molecule has 10 heteroatoms. The van der Waals surface area contributed by atoms with Crippen LogP contribution in [0.5, 0.6) is 0 Å². The van der Waals surface area contributed by atoms with Crippen molar-refractivity contribution in [2.75, 3.05) is 25.0 Å². The number of nitrogens with one attached hydrogen (secondary N) is 1. The number of amides is 3. The summed E-state index contributed by atoms with van der Waals surface area (Å²) in [6.45, 7) is 5.05. The third-order valence-corrected chi connectivity index (χ3v) is 11.7. The summed E-state index contributed by atoms with van der Waals surface area (Å²) in [5.74, 6) is -0.624. The Labute approximate surface area is 234 Å². The van der Waals surface area contributed by atoms with Crippen LogP contribution >= 0.6 is 11.3 Å². The average Bonchev–Trinajstić information content (AvgIpc) is 3.34. The summed E-state index contributed by atoms with van der Waals surface area (Å²) in [6, 6.07) is 0. The number of rotatable bonds is 6. The number of primary amides is 1. The number of hydrogen-bond acceptors (Lipinski definition) is 7. The number of likely N-dealkylation sites (tertiary alicyclic amines) is 1. The normalized spacial score (nSPS) is 33.7. The van der Waals surface area contributed by atoms with Gasteiger partial charge in [0.15, 0.2) is 5.13 Å². The van der Waals surface area contributed by atoms with Crippen molar-refractivity contribution in [3.05, 3.63) is 10.6 Å². The maximum absolute atomic E-state index is 13.7. The molecule has 2 heterocycles. The van der Waals surface area contributed by atoms with Gasteiger partial charge in [-0.25, -0.2) is 4.98 Å². The standard InChI is InChI=1S/C29H44N4O5S/c1-28-11-8-22(35)29(2,16-34)21(28)15-20-24(31-27(39-20)32-26(38)18-6-4-3-5-7-18)19(28)14-23(36)33-12-9-17(10-13-33)25(30)37/h17-19,21-22,34-35H,3-16H2,1-2H3,(H2,30,37)(H,31,32,38)/t19-,21+,22-,28+,29+/m1/s1. The SMILES string of the molecule is C[C@]1(CO)[C@H]2Cc3sc(NC(=O)C4CCCCC4)nc3[C@@H](CC(=O)N3CCC(C(N)=O)CC3)[C@]2(C)CC[C@H]1O. The Morgan fingerprint density at radius 3 is 2.41 bits per heavy atom. The van der Waals surface area contributed by atoms with Gasteiger partial charge < -0.3 is 26.2 Å². The minimum Gasteiger partial charge on any atom is -0.396 e. The Morgan fingerprint density at radius 1 is 1.08 bits per heavy atom. The highest BCUT2D eigenvalue weighted by Gasteiger charge is 2.59. The number of aliphatic hydroxyl groups is 2. The first-order chi connectivity index (χ1) is 18.6. The number of aromatic nitrogens is 1. The molecule has 216 valence electrons. The lowest BCUT2D eigenvalue weighted by atomic mass is 9.47. The van der Waals surface area contributed by atoms with Crippen LogP contribution in [0, 0.1) is 28.6 Å². The van der Waals surface area contributed by atoms with Gasteiger partial charge in [-0.3, -0.25) is 14.4 Å². The van der Waals surface area contributed by atoms with Crippen LogP contribution in [0.3, 0.4) is 0 Å². The lowest BCUT2D eigenvalue weighted by Crippen LogP contribution is -2.58. The van der Waals surface area contributed by atoms with Crippen molar-refractivity contribution in [2.24, 2.45) is 34.3 Å². The molecule has 0 radical (unpaired) electrons. The Balaban J connectivity index is 1.43. The molecule has 2 saturated carbocycles. The van der Waals surface area contributed by atoms with E-state index in [9.17, 15) is 24.6 Å². The van der Waals surface area contributed by atoms with Gasteiger partial charge in [0.2, 0.25) is 17.7 Å². The first-order valence-corrected chi connectivity index (χ1v) is 15.5. The third-order valence-electron chi connectivity index (χ3n) is 10.7. The summed E-state index contributed by atoms with van der Waals surface area (Å²) in [5, 5.41) is 25.2. The maximum atomic E-state index is 13.7. The van der Waals surface area contributed by atoms with E-state index in [0.29, 0.717) is 43.9 Å². The monoisotopic (exact) mass is 560 g/mol. The number of nitrogens with zero attached hydrogens (tertiary/aromatic N) is 2. The van der Waals surface area contributed by atoms with E-state index in [-0.39, 0.29) is 59.8 Å². The second-order valence-corrected chi connectivity index (χ2v) is 14.0. The first-order valence-electron chi connectivity index (χ1n) is 14.7. The number of carbonyl (C=O) groups is 3. The van der Waals surface area contributed by atoms with Gasteiger partial charge in [-0.1, -0.05) is 33.1 Å². The Bertz CT molecular complexity index is 1100. The van der Waals surface area contributed by atoms with Gasteiger partial charge in [-0.15, -0.1) is 11.3 Å². The topological polar surface area (TPSA) is 146 Å². The van der Waals surface area contributed by atoms with Crippen molar-refractivity contribution in [3.63, 3.8) is 0 Å². The lowest BCUT2D eigenvalue weighted by Gasteiger charge is -2.58. The van der Waals surface area contributed by atoms with Crippen LogP contribution in [0.15, 0.2) is 0 Å². The summed E-state index contributed by atoms with van der Waals surface area (Å²) in [5.41, 5.74) is 5.34. The fourth-order valence-corrected chi connectivity index (χ4v) is 9.06. The van der Waals surface area contributed by atoms with E-state index >= 15 is 0 Å². The largest absolute Gasteiger partial charge is 0.396 e. The van der Waals surface area contributed by atoms with E-state index in [1.165, 1.54) is 17.8 Å². The highest BCUT2D eigenvalue weighted by molar-refractivity contribution is 7.15. The Morgan fingerprint density at radius 2 is 1.77 bits per heavy atom. The van der Waals surface area contributed by atoms with Crippen molar-refractivity contribution in [3.8, 4) is 0 Å². The minimum atomic E-state index is -0.693. The number of thiazole rings is 1. The van der Waals surface area contributed by atoms with E-state index in [4.69, 9.17) is 10.7 Å². The van der Waals surface area contributed by atoms with Gasteiger partial charge in [0, 0.05) is 47.6 Å². The summed E-state index contributed by atoms with van der Waals surface area (Å²) in [4.78, 5) is 46.2. The molecule has 0 spiro atoms. The maximum Gasteiger partial charge on any atom is 0.229 e. The molecule has 0 bridgehead atoms. The van der Waals surface area contributed by atoms with Crippen LogP contribution < -0.4 is 11.1 Å². The number of fused-ring (bicyclic) bond motifs is 2. The molecule has 5 N–H and O–H groups in total. The molecule has 1 saturated heterocycles. The second kappa shape index (κ2) is 11.1. The molecular formula is C29H44N4O5S. The molecule has 1 aliphatic heterocycles. The van der Waals surface area contributed by atoms with E-state index in [0.717, 1.165) is 42.7 Å². The Kier molecular flexibility index (Phi) is 8.10. The van der Waals surface area contributed by atoms with E-state index in [1.807, 2.05) is 11.8 Å². The Hall–Kier alpha value is -2.04. The highest BCUT2D eigenvalue weighted by atomic mass is 32.1. The summed E-state index contributed by atoms with van der Waals surface area (Å²) in [6.07, 6.45) is 7.93. The fourth-order valence-electron chi connectivity index (χ4n) is 7.99. The molecule has 5 atom stereocenters. The van der Waals surface area contributed by atoms with Gasteiger partial charge in [0.05, 0.1) is 18.4 Å². The number of piperidine rings is 1. The average molecular weight is 561 g/mol. The van der Waals surface area contributed by atoms with E-state index in [1.54, 1.807) is 0 Å². The summed E-state index contributed by atoms with van der Waals surface area (Å²) >= 11 is 1.48. The van der Waals surface area contributed by atoms with Crippen molar-refractivity contribution >= 4 is 34.2 Å². The smallest absolute Gasteiger partial charge is 0.229 e. The molecule has 3 aliphatic carbocycles. The molecule has 4 aliphatic rings. The second-order valence-electron chi connectivity index (χ2n) is 12.9. The van der Waals surface area contributed by atoms with Gasteiger partial charge in [-0.2, -0.15) is 0 Å². The summed E-state index contributed by atoms with van der Waals surface area (Å²) < 4.78 is 0. The van der Waals surface area contributed by atoms with Crippen molar-refractivity contribution < 1.29 is 24.6 Å². The van der Waals surface area contributed by atoms with E-state index < -0.39 is 11.5 Å². The first kappa shape index (κ1) is 28.5. The number of nitrogens with two attached hydrogens (primary N) is 1. The zero-order valence-electron chi connectivity index (χ0n) is 23.3. The molecule has 9 nitrogen and oxygen atoms in total. The predicted octanol–water partition coefficient (Wildman–Crippen LogP) is 3.19. The number of hydrogen-bond donors (Lipinski definition) is 4. The highest BCUT2D eigenvalue weighted by Crippen LogP contribution is 2.63. The number of anilines is 1. The molecule has 0 unspecified atom stereocenters. The van der Waals surface area contributed by atoms with Crippen LogP contribution in [-0.4, -0.2) is 63.6 Å². The molecule has 3 fully saturated rings. The number of aliphatic hydroxyl groups excluding tert-OH is 2. The molecule has 3 amide bonds. The van der Waals surface area contributed by atoms with Crippen LogP contribution in [0.2, 0.25) is 0 Å². The van der Waals surface area contributed by atoms with Gasteiger partial charge in [-0.05, 0) is 56.3 Å². The molecular weight excluding hydrogens is 516 g/mol. The van der Waals surface area contributed by atoms with Crippen LogP contribution in [0.1, 0.15) is 94.5 Å². The zero-order valence-corrected chi connectivity index (χ0v) is 24.1. The predicted molar refractivity (Wildman–Crippen MR) is 149 cm³/mol. The molecule has 5 rings (SSSR count). The lowest BCUT2D eigenvalue weighted by molar-refractivity contribution is -0.148. The molecule has 1 aromatic heterocycles. The van der Waals surface area contributed by atoms with Gasteiger partial charge >= 0.3 is 0 Å². The van der Waals surface area contributed by atoms with Crippen molar-refractivity contribution in [2.45, 2.75) is 96.5 Å². The van der Waals surface area contributed by atoms with Crippen LogP contribution in [-0.2, 0) is 20.8 Å². The minimum absolute atomic E-state index is 0.0216. The van der Waals surface area contributed by atoms with E-state index in [2.05, 4.69) is 12.2 Å². The summed E-state index contributed by atoms with van der Waals surface area (Å²) in [7, 11) is 0. The fraction of sp³-hybridized carbons (Fsp3) is 0.793.